The maximum Gasteiger partial charge on any atom is 0.315 e. The molecule has 1 aromatic rings. The highest BCUT2D eigenvalue weighted by atomic mass is 32.1. The fraction of sp³-hybridized carbons (Fsp3) is 0.714. The van der Waals surface area contributed by atoms with Gasteiger partial charge in [0.25, 0.3) is 0 Å². The van der Waals surface area contributed by atoms with Crippen molar-refractivity contribution in [2.45, 2.75) is 45.4 Å². The summed E-state index contributed by atoms with van der Waals surface area (Å²) in [7, 11) is 0. The van der Waals surface area contributed by atoms with Gasteiger partial charge in [-0.1, -0.05) is 6.92 Å². The van der Waals surface area contributed by atoms with Crippen LogP contribution in [0.4, 0.5) is 5.13 Å². The summed E-state index contributed by atoms with van der Waals surface area (Å²) < 4.78 is 0. The maximum absolute atomic E-state index is 11.3. The van der Waals surface area contributed by atoms with Crippen LogP contribution in [0, 0.1) is 5.92 Å². The van der Waals surface area contributed by atoms with Gasteiger partial charge in [0.15, 0.2) is 5.13 Å². The summed E-state index contributed by atoms with van der Waals surface area (Å²) in [6.45, 7) is 7.64. The molecule has 1 fully saturated rings. The fourth-order valence-corrected chi connectivity index (χ4v) is 2.98. The first-order valence-corrected chi connectivity index (χ1v) is 7.77. The van der Waals surface area contributed by atoms with E-state index < -0.39 is 11.4 Å². The number of hydrogen-bond acceptors (Lipinski definition) is 4. The SMILES string of the molecule is CCCN(CC1CC1)c1nc(C(C)(C)C(=O)O)cs1. The quantitative estimate of drug-likeness (QED) is 0.835. The lowest BCUT2D eigenvalue weighted by atomic mass is 9.90. The molecule has 0 bridgehead atoms. The molecule has 106 valence electrons. The van der Waals surface area contributed by atoms with Crippen molar-refractivity contribution in [2.75, 3.05) is 18.0 Å². The van der Waals surface area contributed by atoms with Crippen molar-refractivity contribution >= 4 is 22.4 Å². The van der Waals surface area contributed by atoms with E-state index in [2.05, 4.69) is 16.8 Å². The standard InChI is InChI=1S/C14H22N2O2S/c1-4-7-16(8-10-5-6-10)13-15-11(9-19-13)14(2,3)12(17)18/h9-10H,4-8H2,1-3H3,(H,17,18). The highest BCUT2D eigenvalue weighted by molar-refractivity contribution is 7.13. The predicted molar refractivity (Wildman–Crippen MR) is 78.0 cm³/mol. The molecular formula is C14H22N2O2S. The largest absolute Gasteiger partial charge is 0.481 e. The zero-order chi connectivity index (χ0) is 14.0. The third kappa shape index (κ3) is 3.26. The van der Waals surface area contributed by atoms with Crippen LogP contribution in [-0.2, 0) is 10.2 Å². The van der Waals surface area contributed by atoms with Crippen LogP contribution in [0.1, 0.15) is 45.7 Å². The van der Waals surface area contributed by atoms with E-state index in [-0.39, 0.29) is 0 Å². The molecule has 19 heavy (non-hydrogen) atoms. The van der Waals surface area contributed by atoms with E-state index in [0.717, 1.165) is 30.6 Å². The van der Waals surface area contributed by atoms with E-state index in [1.165, 1.54) is 12.8 Å². The molecule has 4 nitrogen and oxygen atoms in total. The molecule has 0 saturated heterocycles. The molecule has 0 unspecified atom stereocenters. The minimum Gasteiger partial charge on any atom is -0.481 e. The summed E-state index contributed by atoms with van der Waals surface area (Å²) in [5, 5.41) is 12.1. The molecule has 2 rings (SSSR count). The molecule has 5 heteroatoms. The molecular weight excluding hydrogens is 260 g/mol. The average molecular weight is 282 g/mol. The molecule has 0 aromatic carbocycles. The second-order valence-electron chi connectivity index (χ2n) is 5.83. The van der Waals surface area contributed by atoms with Gasteiger partial charge in [-0.2, -0.15) is 0 Å². The first-order valence-electron chi connectivity index (χ1n) is 6.89. The Bertz CT molecular complexity index is 452. The summed E-state index contributed by atoms with van der Waals surface area (Å²) in [6.07, 6.45) is 3.72. The number of hydrogen-bond donors (Lipinski definition) is 1. The predicted octanol–water partition coefficient (Wildman–Crippen LogP) is 3.13. The lowest BCUT2D eigenvalue weighted by molar-refractivity contribution is -0.142. The number of rotatable bonds is 7. The Balaban J connectivity index is 2.15. The van der Waals surface area contributed by atoms with Crippen molar-refractivity contribution < 1.29 is 9.90 Å². The first kappa shape index (κ1) is 14.3. The number of carboxylic acids is 1. The topological polar surface area (TPSA) is 53.4 Å². The van der Waals surface area contributed by atoms with Gasteiger partial charge in [0.05, 0.1) is 5.69 Å². The zero-order valence-corrected chi connectivity index (χ0v) is 12.7. The van der Waals surface area contributed by atoms with Gasteiger partial charge >= 0.3 is 5.97 Å². The minimum absolute atomic E-state index is 0.664. The van der Waals surface area contributed by atoms with Crippen molar-refractivity contribution in [1.29, 1.82) is 0 Å². The molecule has 1 aliphatic rings. The lowest BCUT2D eigenvalue weighted by Crippen LogP contribution is -2.30. The van der Waals surface area contributed by atoms with Crippen molar-refractivity contribution in [3.8, 4) is 0 Å². The molecule has 1 N–H and O–H groups in total. The molecule has 0 amide bonds. The Morgan fingerprint density at radius 3 is 2.79 bits per heavy atom. The Labute approximate surface area is 118 Å². The number of thiazole rings is 1. The highest BCUT2D eigenvalue weighted by Gasteiger charge is 2.33. The van der Waals surface area contributed by atoms with Crippen molar-refractivity contribution in [1.82, 2.24) is 4.98 Å². The van der Waals surface area contributed by atoms with E-state index in [0.29, 0.717) is 5.69 Å². The number of aliphatic carboxylic acids is 1. The molecule has 0 spiro atoms. The van der Waals surface area contributed by atoms with Gasteiger partial charge in [-0.25, -0.2) is 4.98 Å². The van der Waals surface area contributed by atoms with Gasteiger partial charge in [0.2, 0.25) is 0 Å². The zero-order valence-electron chi connectivity index (χ0n) is 11.8. The second kappa shape index (κ2) is 5.49. The molecule has 1 aliphatic carbocycles. The van der Waals surface area contributed by atoms with Crippen LogP contribution < -0.4 is 4.90 Å². The molecule has 0 atom stereocenters. The van der Waals surface area contributed by atoms with Gasteiger partial charge in [0, 0.05) is 18.5 Å². The Hall–Kier alpha value is -1.10. The fourth-order valence-electron chi connectivity index (χ4n) is 1.95. The first-order chi connectivity index (χ1) is 8.95. The number of aromatic nitrogens is 1. The normalized spacial score (nSPS) is 15.5. The van der Waals surface area contributed by atoms with Crippen LogP contribution in [0.3, 0.4) is 0 Å². The summed E-state index contributed by atoms with van der Waals surface area (Å²) in [4.78, 5) is 18.1. The summed E-state index contributed by atoms with van der Waals surface area (Å²) in [5.74, 6) is -0.0139. The Morgan fingerprint density at radius 2 is 2.26 bits per heavy atom. The Kier molecular flexibility index (Phi) is 4.13. The third-order valence-electron chi connectivity index (χ3n) is 3.61. The monoisotopic (exact) mass is 282 g/mol. The lowest BCUT2D eigenvalue weighted by Gasteiger charge is -2.21. The van der Waals surface area contributed by atoms with Crippen LogP contribution in [0.15, 0.2) is 5.38 Å². The van der Waals surface area contributed by atoms with Gasteiger partial charge in [-0.3, -0.25) is 4.79 Å². The molecule has 1 heterocycles. The van der Waals surface area contributed by atoms with Crippen LogP contribution in [0.2, 0.25) is 0 Å². The minimum atomic E-state index is -0.911. The molecule has 1 saturated carbocycles. The number of carboxylic acid groups (broad SMARTS) is 1. The maximum atomic E-state index is 11.3. The highest BCUT2D eigenvalue weighted by Crippen LogP contribution is 2.34. The van der Waals surface area contributed by atoms with Gasteiger partial charge in [-0.15, -0.1) is 11.3 Å². The van der Waals surface area contributed by atoms with E-state index in [9.17, 15) is 9.90 Å². The van der Waals surface area contributed by atoms with Crippen molar-refractivity contribution in [3.05, 3.63) is 11.1 Å². The summed E-state index contributed by atoms with van der Waals surface area (Å²) in [6, 6.07) is 0. The van der Waals surface area contributed by atoms with Crippen molar-refractivity contribution in [2.24, 2.45) is 5.92 Å². The van der Waals surface area contributed by atoms with E-state index in [4.69, 9.17) is 0 Å². The van der Waals surface area contributed by atoms with Crippen LogP contribution in [-0.4, -0.2) is 29.1 Å². The van der Waals surface area contributed by atoms with Crippen LogP contribution in [0.25, 0.3) is 0 Å². The smallest absolute Gasteiger partial charge is 0.315 e. The molecule has 0 radical (unpaired) electrons. The van der Waals surface area contributed by atoms with Crippen LogP contribution in [0.5, 0.6) is 0 Å². The van der Waals surface area contributed by atoms with E-state index in [1.54, 1.807) is 25.2 Å². The van der Waals surface area contributed by atoms with Gasteiger partial charge in [-0.05, 0) is 39.0 Å². The molecule has 1 aromatic heterocycles. The average Bonchev–Trinajstić information content (AvgIpc) is 3.02. The van der Waals surface area contributed by atoms with E-state index >= 15 is 0 Å². The number of nitrogens with zero attached hydrogens (tertiary/aromatic N) is 2. The summed E-state index contributed by atoms with van der Waals surface area (Å²) in [5.41, 5.74) is -0.247. The van der Waals surface area contributed by atoms with Gasteiger partial charge in [0.1, 0.15) is 5.41 Å². The van der Waals surface area contributed by atoms with E-state index in [1.807, 2.05) is 5.38 Å². The number of anilines is 1. The van der Waals surface area contributed by atoms with Gasteiger partial charge < -0.3 is 10.0 Å². The third-order valence-corrected chi connectivity index (χ3v) is 4.51. The second-order valence-corrected chi connectivity index (χ2v) is 6.67. The van der Waals surface area contributed by atoms with Crippen LogP contribution >= 0.6 is 11.3 Å². The summed E-state index contributed by atoms with van der Waals surface area (Å²) >= 11 is 1.56. The molecule has 0 aliphatic heterocycles. The Morgan fingerprint density at radius 1 is 1.58 bits per heavy atom. The van der Waals surface area contributed by atoms with Crippen molar-refractivity contribution in [3.63, 3.8) is 0 Å². The number of carbonyl (C=O) groups is 1.